The van der Waals surface area contributed by atoms with Crippen LogP contribution in [0.1, 0.15) is 76.2 Å². The van der Waals surface area contributed by atoms with E-state index < -0.39 is 14.0 Å². The fourth-order valence-electron chi connectivity index (χ4n) is 6.36. The van der Waals surface area contributed by atoms with Gasteiger partial charge in [0.1, 0.15) is 0 Å². The van der Waals surface area contributed by atoms with Crippen LogP contribution < -0.4 is 0 Å². The second-order valence-corrected chi connectivity index (χ2v) is 17.6. The monoisotopic (exact) mass is 426 g/mol. The molecule has 4 atom stereocenters. The normalized spacial score (nSPS) is 31.1. The van der Waals surface area contributed by atoms with Gasteiger partial charge in [0.2, 0.25) is 0 Å². The molecule has 2 aliphatic rings. The summed E-state index contributed by atoms with van der Waals surface area (Å²) in [6.45, 7) is 19.9. The van der Waals surface area contributed by atoms with E-state index in [1.54, 1.807) is 17.3 Å². The molecule has 1 aromatic carbocycles. The molecule has 1 N–H and O–H groups in total. The zero-order valence-corrected chi connectivity index (χ0v) is 21.4. The molecule has 166 valence electrons. The average Bonchev–Trinajstić information content (AvgIpc) is 2.63. The molecule has 1 aromatic rings. The summed E-state index contributed by atoms with van der Waals surface area (Å²) in [6, 6.07) is 7.44. The van der Waals surface area contributed by atoms with Crippen LogP contribution in [-0.2, 0) is 0 Å². The molecule has 4 unspecified atom stereocenters. The molecule has 2 saturated carbocycles. The maximum Gasteiger partial charge on any atom is 0.335 e. The van der Waals surface area contributed by atoms with Gasteiger partial charge >= 0.3 is 5.97 Å². The van der Waals surface area contributed by atoms with Crippen molar-refractivity contribution in [3.8, 4) is 0 Å². The van der Waals surface area contributed by atoms with E-state index in [4.69, 9.17) is 0 Å². The van der Waals surface area contributed by atoms with Crippen molar-refractivity contribution in [1.82, 2.24) is 0 Å². The first-order valence-electron chi connectivity index (χ1n) is 11.8. The van der Waals surface area contributed by atoms with Gasteiger partial charge in [-0.15, -0.1) is 0 Å². The molecule has 0 spiro atoms. The number of aromatic carboxylic acids is 1. The molecule has 2 nitrogen and oxygen atoms in total. The first-order valence-corrected chi connectivity index (χ1v) is 15.3. The molecule has 0 bridgehead atoms. The fourth-order valence-corrected chi connectivity index (χ4v) is 8.47. The Hall–Kier alpha value is -1.35. The molecule has 0 radical (unpaired) electrons. The lowest BCUT2D eigenvalue weighted by atomic mass is 9.48. The highest BCUT2D eigenvalue weighted by atomic mass is 28.3. The largest absolute Gasteiger partial charge is 0.478 e. The predicted octanol–water partition coefficient (Wildman–Crippen LogP) is 7.77. The van der Waals surface area contributed by atoms with E-state index in [9.17, 15) is 9.90 Å². The number of carboxylic acids is 1. The summed E-state index contributed by atoms with van der Waals surface area (Å²) < 4.78 is 0. The third-order valence-electron chi connectivity index (χ3n) is 8.47. The van der Waals surface area contributed by atoms with Crippen LogP contribution in [0.25, 0.3) is 6.08 Å². The van der Waals surface area contributed by atoms with Crippen molar-refractivity contribution in [2.45, 2.75) is 79.9 Å². The van der Waals surface area contributed by atoms with Crippen LogP contribution in [0.3, 0.4) is 0 Å². The minimum Gasteiger partial charge on any atom is -0.478 e. The van der Waals surface area contributed by atoms with E-state index in [0.29, 0.717) is 28.2 Å². The van der Waals surface area contributed by atoms with Crippen molar-refractivity contribution >= 4 is 20.1 Å². The topological polar surface area (TPSA) is 37.3 Å². The lowest BCUT2D eigenvalue weighted by molar-refractivity contribution is -0.0686. The lowest BCUT2D eigenvalue weighted by Gasteiger charge is -2.58. The Morgan fingerprint density at radius 1 is 0.967 bits per heavy atom. The van der Waals surface area contributed by atoms with Gasteiger partial charge in [-0.1, -0.05) is 77.7 Å². The number of fused-ring (bicyclic) bond motifs is 1. The van der Waals surface area contributed by atoms with E-state index in [2.05, 4.69) is 60.3 Å². The molecule has 30 heavy (non-hydrogen) atoms. The van der Waals surface area contributed by atoms with Crippen molar-refractivity contribution in [3.05, 3.63) is 40.6 Å². The van der Waals surface area contributed by atoms with Gasteiger partial charge in [-0.2, -0.15) is 0 Å². The van der Waals surface area contributed by atoms with Gasteiger partial charge < -0.3 is 5.11 Å². The molecule has 0 heterocycles. The van der Waals surface area contributed by atoms with Crippen LogP contribution in [0.4, 0.5) is 0 Å². The van der Waals surface area contributed by atoms with Gasteiger partial charge in [0.05, 0.1) is 13.6 Å². The van der Waals surface area contributed by atoms with Crippen molar-refractivity contribution < 1.29 is 9.90 Å². The maximum absolute atomic E-state index is 11.2. The first kappa shape index (κ1) is 23.3. The molecule has 0 amide bonds. The van der Waals surface area contributed by atoms with E-state index in [0.717, 1.165) is 17.4 Å². The lowest BCUT2D eigenvalue weighted by Crippen LogP contribution is -2.50. The first-order chi connectivity index (χ1) is 13.7. The van der Waals surface area contributed by atoms with Crippen LogP contribution in [0.5, 0.6) is 0 Å². The Balaban J connectivity index is 1.97. The maximum atomic E-state index is 11.2. The Morgan fingerprint density at radius 3 is 1.93 bits per heavy atom. The number of hydrogen-bond acceptors (Lipinski definition) is 1. The van der Waals surface area contributed by atoms with Crippen molar-refractivity contribution in [1.29, 1.82) is 0 Å². The summed E-state index contributed by atoms with van der Waals surface area (Å²) in [5.74, 6) is 2.10. The molecule has 3 rings (SSSR count). The highest BCUT2D eigenvalue weighted by molar-refractivity contribution is 6.83. The molecule has 0 aliphatic heterocycles. The second kappa shape index (κ2) is 7.96. The van der Waals surface area contributed by atoms with E-state index >= 15 is 0 Å². The van der Waals surface area contributed by atoms with Gasteiger partial charge in [0.15, 0.2) is 0 Å². The fraction of sp³-hybridized carbons (Fsp3) is 0.667. The summed E-state index contributed by atoms with van der Waals surface area (Å²) in [4.78, 5) is 11.2. The van der Waals surface area contributed by atoms with Crippen LogP contribution in [0, 0.1) is 34.5 Å². The minimum absolute atomic E-state index is 0.363. The quantitative estimate of drug-likeness (QED) is 0.499. The SMILES string of the molecule is CC1CC2C(CC1C(=Cc1ccc(C(=O)O)cc1)[Si](C)(C)C)C(C)(C)CCC2(C)C. The van der Waals surface area contributed by atoms with E-state index in [-0.39, 0.29) is 0 Å². The molecular weight excluding hydrogens is 384 g/mol. The second-order valence-electron chi connectivity index (χ2n) is 12.5. The number of carbonyl (C=O) groups is 1. The molecule has 3 heteroatoms. The highest BCUT2D eigenvalue weighted by Gasteiger charge is 2.52. The Morgan fingerprint density at radius 2 is 1.47 bits per heavy atom. The summed E-state index contributed by atoms with van der Waals surface area (Å²) in [6.07, 6.45) is 7.76. The summed E-state index contributed by atoms with van der Waals surface area (Å²) in [5.41, 5.74) is 2.39. The van der Waals surface area contributed by atoms with Crippen LogP contribution in [-0.4, -0.2) is 19.1 Å². The zero-order valence-electron chi connectivity index (χ0n) is 20.4. The van der Waals surface area contributed by atoms with Crippen LogP contribution in [0.15, 0.2) is 29.5 Å². The average molecular weight is 427 g/mol. The van der Waals surface area contributed by atoms with E-state index in [1.807, 2.05) is 12.1 Å². The number of hydrogen-bond donors (Lipinski definition) is 1. The third kappa shape index (κ3) is 4.61. The molecule has 2 fully saturated rings. The number of carboxylic acid groups (broad SMARTS) is 1. The van der Waals surface area contributed by atoms with Gasteiger partial charge in [0, 0.05) is 0 Å². The molecule has 0 aromatic heterocycles. The van der Waals surface area contributed by atoms with Gasteiger partial charge in [0.25, 0.3) is 0 Å². The smallest absolute Gasteiger partial charge is 0.335 e. The van der Waals surface area contributed by atoms with Crippen molar-refractivity contribution in [3.63, 3.8) is 0 Å². The molecular formula is C27H42O2Si. The summed E-state index contributed by atoms with van der Waals surface area (Å²) in [5, 5.41) is 10.9. The van der Waals surface area contributed by atoms with Gasteiger partial charge in [-0.05, 0) is 77.9 Å². The number of rotatable bonds is 4. The summed E-state index contributed by atoms with van der Waals surface area (Å²) >= 11 is 0. The summed E-state index contributed by atoms with van der Waals surface area (Å²) in [7, 11) is -1.53. The highest BCUT2D eigenvalue weighted by Crippen LogP contribution is 2.60. The minimum atomic E-state index is -1.53. The molecule has 2 aliphatic carbocycles. The predicted molar refractivity (Wildman–Crippen MR) is 130 cm³/mol. The Bertz CT molecular complexity index is 810. The standard InChI is InChI=1S/C27H42O2Si/c1-18-15-22-23(27(4,5)14-13-26(22,2)3)17-21(18)24(30(6,7)8)16-19-9-11-20(12-10-19)25(28)29/h9-12,16,18,21-23H,13-15,17H2,1-8H3,(H,28,29). The van der Waals surface area contributed by atoms with Gasteiger partial charge in [-0.25, -0.2) is 4.79 Å². The molecule has 0 saturated heterocycles. The van der Waals surface area contributed by atoms with Crippen molar-refractivity contribution in [2.75, 3.05) is 0 Å². The van der Waals surface area contributed by atoms with Crippen molar-refractivity contribution in [2.24, 2.45) is 34.5 Å². The van der Waals surface area contributed by atoms with Crippen LogP contribution >= 0.6 is 0 Å². The Kier molecular flexibility index (Phi) is 6.19. The third-order valence-corrected chi connectivity index (χ3v) is 10.7. The van der Waals surface area contributed by atoms with Gasteiger partial charge in [-0.3, -0.25) is 0 Å². The Labute approximate surface area is 185 Å². The number of benzene rings is 1. The zero-order chi connectivity index (χ0) is 22.5. The van der Waals surface area contributed by atoms with E-state index in [1.165, 1.54) is 25.7 Å². The van der Waals surface area contributed by atoms with Crippen LogP contribution in [0.2, 0.25) is 19.6 Å². The number of allylic oxidation sites excluding steroid dienone is 1.